The third-order valence-corrected chi connectivity index (χ3v) is 4.93. The molecule has 8 heteroatoms. The van der Waals surface area contributed by atoms with Gasteiger partial charge in [-0.25, -0.2) is 0 Å². The monoisotopic (exact) mass is 372 g/mol. The molecule has 0 aliphatic heterocycles. The topological polar surface area (TPSA) is 111 Å². The van der Waals surface area contributed by atoms with Crippen LogP contribution in [0.3, 0.4) is 0 Å². The summed E-state index contributed by atoms with van der Waals surface area (Å²) in [4.78, 5) is 20.7. The fraction of sp³-hybridized carbons (Fsp3) is 0.421. The summed E-state index contributed by atoms with van der Waals surface area (Å²) in [5.41, 5.74) is 3.87. The highest BCUT2D eigenvalue weighted by Gasteiger charge is 2.27. The smallest absolute Gasteiger partial charge is 0.271 e. The van der Waals surface area contributed by atoms with Gasteiger partial charge in [-0.15, -0.1) is 0 Å². The van der Waals surface area contributed by atoms with Gasteiger partial charge in [-0.2, -0.15) is 5.10 Å². The molecule has 0 aromatic heterocycles. The third kappa shape index (κ3) is 4.99. The van der Waals surface area contributed by atoms with Crippen molar-refractivity contribution >= 4 is 22.8 Å². The summed E-state index contributed by atoms with van der Waals surface area (Å²) < 4.78 is 0. The first-order valence-electron chi connectivity index (χ1n) is 8.70. The number of hydrogen-bond acceptors (Lipinski definition) is 6. The Hall–Kier alpha value is -3.03. The first-order chi connectivity index (χ1) is 12.6. The Kier molecular flexibility index (Phi) is 6.09. The molecule has 0 fully saturated rings. The van der Waals surface area contributed by atoms with E-state index < -0.39 is 15.5 Å². The summed E-state index contributed by atoms with van der Waals surface area (Å²) in [5.74, 6) is 0.296. The number of rotatable bonds is 6. The molecule has 1 aliphatic rings. The van der Waals surface area contributed by atoms with E-state index in [1.165, 1.54) is 12.1 Å². The molecule has 1 atom stereocenters. The lowest BCUT2D eigenvalue weighted by Gasteiger charge is -2.33. The van der Waals surface area contributed by atoms with E-state index in [1.54, 1.807) is 0 Å². The number of anilines is 1. The quantitative estimate of drug-likeness (QED) is 0.318. The Bertz CT molecular complexity index is 840. The van der Waals surface area contributed by atoms with Crippen LogP contribution in [-0.2, 0) is 0 Å². The van der Waals surface area contributed by atoms with E-state index in [0.29, 0.717) is 11.6 Å². The summed E-state index contributed by atoms with van der Waals surface area (Å²) in [6.45, 7) is 8.23. The lowest BCUT2D eigenvalue weighted by molar-refractivity contribution is -0.393. The van der Waals surface area contributed by atoms with Crippen LogP contribution in [0.1, 0.15) is 40.5 Å². The number of nitro groups is 2. The molecule has 0 saturated carbocycles. The van der Waals surface area contributed by atoms with E-state index in [-0.39, 0.29) is 16.8 Å². The second-order valence-corrected chi connectivity index (χ2v) is 7.36. The second-order valence-electron chi connectivity index (χ2n) is 7.36. The lowest BCUT2D eigenvalue weighted by Crippen LogP contribution is -2.23. The molecule has 0 amide bonds. The van der Waals surface area contributed by atoms with Crippen LogP contribution in [0.2, 0.25) is 0 Å². The largest absolute Gasteiger partial charge is 0.301 e. The van der Waals surface area contributed by atoms with Crippen LogP contribution in [0.5, 0.6) is 0 Å². The van der Waals surface area contributed by atoms with Crippen molar-refractivity contribution in [1.29, 1.82) is 0 Å². The summed E-state index contributed by atoms with van der Waals surface area (Å²) in [6, 6.07) is 3.42. The number of hydrazone groups is 1. The van der Waals surface area contributed by atoms with Gasteiger partial charge in [0.05, 0.1) is 21.6 Å². The number of benzene rings is 1. The summed E-state index contributed by atoms with van der Waals surface area (Å²) in [7, 11) is 0. The molecule has 8 nitrogen and oxygen atoms in total. The van der Waals surface area contributed by atoms with Gasteiger partial charge in [0.2, 0.25) is 0 Å². The molecule has 2 rings (SSSR count). The highest BCUT2D eigenvalue weighted by molar-refractivity contribution is 5.98. The maximum absolute atomic E-state index is 11.2. The zero-order valence-corrected chi connectivity index (χ0v) is 15.9. The van der Waals surface area contributed by atoms with Gasteiger partial charge < -0.3 is 0 Å². The summed E-state index contributed by atoms with van der Waals surface area (Å²) in [5, 5.41) is 26.2. The normalized spacial score (nSPS) is 19.6. The van der Waals surface area contributed by atoms with Crippen molar-refractivity contribution in [3.05, 3.63) is 62.2 Å². The van der Waals surface area contributed by atoms with Gasteiger partial charge in [0.1, 0.15) is 5.69 Å². The van der Waals surface area contributed by atoms with E-state index in [0.717, 1.165) is 24.5 Å². The molecule has 1 aromatic rings. The first kappa shape index (κ1) is 20.3. The predicted octanol–water partition coefficient (Wildman–Crippen LogP) is 5.23. The van der Waals surface area contributed by atoms with Crippen LogP contribution in [0.25, 0.3) is 0 Å². The van der Waals surface area contributed by atoms with Crippen LogP contribution in [0, 0.1) is 31.6 Å². The summed E-state index contributed by atoms with van der Waals surface area (Å²) in [6.07, 6.45) is 8.73. The lowest BCUT2D eigenvalue weighted by atomic mass is 9.71. The average Bonchev–Trinajstić information content (AvgIpc) is 2.60. The number of non-ortho nitro benzene ring substituents is 1. The SMILES string of the molecule is CC(=CC1C=CCCC1(C)C)/C(C)=N\Nc1ccc([N+](=O)[O-])cc1[N+](=O)[O-]. The number of nitrogens with one attached hydrogen (secondary N) is 1. The molecule has 1 aromatic carbocycles. The zero-order valence-electron chi connectivity index (χ0n) is 15.9. The Morgan fingerprint density at radius 2 is 1.96 bits per heavy atom. The standard InChI is InChI=1S/C19H24N4O4/c1-13(11-15-7-5-6-10-19(15,3)4)14(2)20-21-17-9-8-16(22(24)25)12-18(17)23(26)27/h5,7-9,11-12,15,21H,6,10H2,1-4H3/b13-11?,20-14-. The second kappa shape index (κ2) is 8.11. The molecule has 1 N–H and O–H groups in total. The van der Waals surface area contributed by atoms with Crippen molar-refractivity contribution in [3.8, 4) is 0 Å². The van der Waals surface area contributed by atoms with Gasteiger partial charge in [-0.3, -0.25) is 25.7 Å². The molecule has 0 saturated heterocycles. The molecule has 1 aliphatic carbocycles. The van der Waals surface area contributed by atoms with Gasteiger partial charge in [0.25, 0.3) is 5.69 Å². The number of nitrogens with zero attached hydrogens (tertiary/aromatic N) is 3. The molecule has 0 spiro atoms. The van der Waals surface area contributed by atoms with Gasteiger partial charge in [0.15, 0.2) is 0 Å². The van der Waals surface area contributed by atoms with Gasteiger partial charge in [-0.05, 0) is 43.7 Å². The van der Waals surface area contributed by atoms with Crippen LogP contribution < -0.4 is 5.43 Å². The molecule has 144 valence electrons. The van der Waals surface area contributed by atoms with Gasteiger partial charge in [-0.1, -0.05) is 32.1 Å². The van der Waals surface area contributed by atoms with Crippen LogP contribution in [0.4, 0.5) is 17.1 Å². The molecular formula is C19H24N4O4. The minimum atomic E-state index is -0.669. The van der Waals surface area contributed by atoms with Crippen molar-refractivity contribution < 1.29 is 9.85 Å². The van der Waals surface area contributed by atoms with Gasteiger partial charge in [0, 0.05) is 12.0 Å². The minimum Gasteiger partial charge on any atom is -0.271 e. The molecule has 0 radical (unpaired) electrons. The van der Waals surface area contributed by atoms with Crippen molar-refractivity contribution in [2.24, 2.45) is 16.4 Å². The Morgan fingerprint density at radius 1 is 1.26 bits per heavy atom. The van der Waals surface area contributed by atoms with Crippen LogP contribution >= 0.6 is 0 Å². The molecular weight excluding hydrogens is 348 g/mol. The minimum absolute atomic E-state index is 0.107. The fourth-order valence-corrected chi connectivity index (χ4v) is 2.91. The fourth-order valence-electron chi connectivity index (χ4n) is 2.91. The Labute approximate surface area is 158 Å². The average molecular weight is 372 g/mol. The highest BCUT2D eigenvalue weighted by Crippen LogP contribution is 2.38. The van der Waals surface area contributed by atoms with E-state index in [4.69, 9.17) is 0 Å². The van der Waals surface area contributed by atoms with E-state index >= 15 is 0 Å². The molecule has 27 heavy (non-hydrogen) atoms. The zero-order chi connectivity index (χ0) is 20.2. The number of allylic oxidation sites excluding steroid dienone is 4. The highest BCUT2D eigenvalue weighted by atomic mass is 16.6. The van der Waals surface area contributed by atoms with E-state index in [2.05, 4.69) is 42.6 Å². The number of nitro benzene ring substituents is 2. The molecule has 0 heterocycles. The maximum atomic E-state index is 11.2. The third-order valence-electron chi connectivity index (χ3n) is 4.93. The molecule has 1 unspecified atom stereocenters. The Morgan fingerprint density at radius 3 is 2.56 bits per heavy atom. The van der Waals surface area contributed by atoms with Crippen molar-refractivity contribution in [1.82, 2.24) is 0 Å². The van der Waals surface area contributed by atoms with Crippen molar-refractivity contribution in [3.63, 3.8) is 0 Å². The van der Waals surface area contributed by atoms with Crippen molar-refractivity contribution in [2.75, 3.05) is 5.43 Å². The summed E-state index contributed by atoms with van der Waals surface area (Å²) >= 11 is 0. The maximum Gasteiger partial charge on any atom is 0.301 e. The van der Waals surface area contributed by atoms with Gasteiger partial charge >= 0.3 is 5.69 Å². The Balaban J connectivity index is 2.23. The number of hydrogen-bond donors (Lipinski definition) is 1. The van der Waals surface area contributed by atoms with E-state index in [9.17, 15) is 20.2 Å². The first-order valence-corrected chi connectivity index (χ1v) is 8.70. The van der Waals surface area contributed by atoms with Crippen LogP contribution in [0.15, 0.2) is 47.1 Å². The molecule has 0 bridgehead atoms. The van der Waals surface area contributed by atoms with Crippen LogP contribution in [-0.4, -0.2) is 15.6 Å². The van der Waals surface area contributed by atoms with E-state index in [1.807, 2.05) is 13.8 Å². The predicted molar refractivity (Wildman–Crippen MR) is 106 cm³/mol. The van der Waals surface area contributed by atoms with Crippen molar-refractivity contribution in [2.45, 2.75) is 40.5 Å².